The molecule has 132 valence electrons. The van der Waals surface area contributed by atoms with Crippen molar-refractivity contribution >= 4 is 24.2 Å². The lowest BCUT2D eigenvalue weighted by atomic mass is 10.2. The van der Waals surface area contributed by atoms with Crippen molar-refractivity contribution < 1.29 is 4.52 Å². The second-order valence-electron chi connectivity index (χ2n) is 5.83. The highest BCUT2D eigenvalue weighted by Gasteiger charge is 2.28. The fourth-order valence-corrected chi connectivity index (χ4v) is 3.34. The molecule has 0 aliphatic heterocycles. The minimum atomic E-state index is 0. The van der Waals surface area contributed by atoms with Crippen LogP contribution in [0.15, 0.2) is 33.9 Å². The Hall–Kier alpha value is -1.90. The van der Waals surface area contributed by atoms with Gasteiger partial charge in [-0.1, -0.05) is 35.1 Å². The standard InChI is InChI=1S/C16H18N6OS.ClH/c1-10-4-2-3-5-12(10)22-13(8-17)19-20-16(22)24-9-14-18-15(21-23-14)11-6-7-11;/h2-5,11H,6-9,17H2,1H3;1H. The molecule has 0 radical (unpaired) electrons. The van der Waals surface area contributed by atoms with E-state index in [-0.39, 0.29) is 12.4 Å². The monoisotopic (exact) mass is 378 g/mol. The number of aromatic nitrogens is 5. The van der Waals surface area contributed by atoms with Gasteiger partial charge in [-0.2, -0.15) is 4.98 Å². The first kappa shape index (κ1) is 17.9. The second-order valence-corrected chi connectivity index (χ2v) is 6.78. The van der Waals surface area contributed by atoms with Crippen molar-refractivity contribution in [2.24, 2.45) is 5.73 Å². The van der Waals surface area contributed by atoms with Gasteiger partial charge in [0.1, 0.15) is 0 Å². The average Bonchev–Trinajstić information content (AvgIpc) is 3.20. The molecule has 2 N–H and O–H groups in total. The third kappa shape index (κ3) is 3.70. The summed E-state index contributed by atoms with van der Waals surface area (Å²) in [5, 5.41) is 13.3. The molecular weight excluding hydrogens is 360 g/mol. The zero-order chi connectivity index (χ0) is 16.5. The molecule has 1 fully saturated rings. The first-order valence-corrected chi connectivity index (χ1v) is 8.90. The Labute approximate surface area is 155 Å². The van der Waals surface area contributed by atoms with Crippen LogP contribution in [-0.2, 0) is 12.3 Å². The molecule has 3 aromatic rings. The summed E-state index contributed by atoms with van der Waals surface area (Å²) < 4.78 is 7.32. The Bertz CT molecular complexity index is 860. The third-order valence-electron chi connectivity index (χ3n) is 3.99. The van der Waals surface area contributed by atoms with Crippen molar-refractivity contribution in [2.75, 3.05) is 0 Å². The van der Waals surface area contributed by atoms with E-state index in [1.807, 2.05) is 22.8 Å². The van der Waals surface area contributed by atoms with Crippen molar-refractivity contribution in [1.82, 2.24) is 24.9 Å². The molecule has 9 heteroatoms. The number of halogens is 1. The molecule has 1 aromatic carbocycles. The van der Waals surface area contributed by atoms with Gasteiger partial charge in [0.25, 0.3) is 0 Å². The van der Waals surface area contributed by atoms with Gasteiger partial charge in [-0.05, 0) is 31.4 Å². The molecule has 0 unspecified atom stereocenters. The zero-order valence-electron chi connectivity index (χ0n) is 13.8. The van der Waals surface area contributed by atoms with Crippen LogP contribution in [0, 0.1) is 6.92 Å². The normalized spacial score (nSPS) is 13.7. The molecule has 4 rings (SSSR count). The van der Waals surface area contributed by atoms with Crippen molar-refractivity contribution in [3.05, 3.63) is 47.4 Å². The number of thioether (sulfide) groups is 1. The molecule has 0 amide bonds. The Balaban J connectivity index is 0.00000182. The summed E-state index contributed by atoms with van der Waals surface area (Å²) in [6.45, 7) is 2.39. The maximum atomic E-state index is 5.83. The minimum Gasteiger partial charge on any atom is -0.338 e. The fraction of sp³-hybridized carbons (Fsp3) is 0.375. The SMILES string of the molecule is Cc1ccccc1-n1c(CN)nnc1SCc1nc(C2CC2)no1.Cl. The van der Waals surface area contributed by atoms with E-state index >= 15 is 0 Å². The smallest absolute Gasteiger partial charge is 0.237 e. The van der Waals surface area contributed by atoms with Crippen molar-refractivity contribution in [2.45, 2.75) is 43.1 Å². The van der Waals surface area contributed by atoms with Gasteiger partial charge in [-0.15, -0.1) is 22.6 Å². The highest BCUT2D eigenvalue weighted by atomic mass is 35.5. The van der Waals surface area contributed by atoms with Crippen molar-refractivity contribution in [3.63, 3.8) is 0 Å². The number of para-hydroxylation sites is 1. The van der Waals surface area contributed by atoms with E-state index in [0.717, 1.165) is 40.9 Å². The number of rotatable bonds is 6. The van der Waals surface area contributed by atoms with Gasteiger partial charge in [0.05, 0.1) is 18.0 Å². The number of nitrogens with zero attached hydrogens (tertiary/aromatic N) is 5. The number of aryl methyl sites for hydroxylation is 1. The van der Waals surface area contributed by atoms with Gasteiger partial charge in [-0.25, -0.2) is 0 Å². The van der Waals surface area contributed by atoms with Gasteiger partial charge in [0, 0.05) is 5.92 Å². The molecule has 1 saturated carbocycles. The fourth-order valence-electron chi connectivity index (χ4n) is 2.54. The van der Waals surface area contributed by atoms with E-state index in [1.165, 1.54) is 11.8 Å². The molecule has 1 aliphatic carbocycles. The van der Waals surface area contributed by atoms with Crippen LogP contribution >= 0.6 is 24.2 Å². The van der Waals surface area contributed by atoms with Crippen LogP contribution in [0.1, 0.15) is 41.9 Å². The lowest BCUT2D eigenvalue weighted by Crippen LogP contribution is -2.08. The lowest BCUT2D eigenvalue weighted by molar-refractivity contribution is 0.385. The lowest BCUT2D eigenvalue weighted by Gasteiger charge is -2.11. The predicted molar refractivity (Wildman–Crippen MR) is 97.1 cm³/mol. The summed E-state index contributed by atoms with van der Waals surface area (Å²) >= 11 is 1.52. The molecule has 2 aromatic heterocycles. The highest BCUT2D eigenvalue weighted by Crippen LogP contribution is 2.38. The number of hydrogen-bond donors (Lipinski definition) is 1. The Morgan fingerprint density at radius 1 is 1.28 bits per heavy atom. The van der Waals surface area contributed by atoms with Gasteiger partial charge >= 0.3 is 0 Å². The molecule has 0 spiro atoms. The van der Waals surface area contributed by atoms with Crippen LogP contribution in [0.4, 0.5) is 0 Å². The topological polar surface area (TPSA) is 95.7 Å². The summed E-state index contributed by atoms with van der Waals surface area (Å²) in [5.74, 6) is 3.24. The van der Waals surface area contributed by atoms with Crippen LogP contribution in [-0.4, -0.2) is 24.9 Å². The van der Waals surface area contributed by atoms with E-state index in [1.54, 1.807) is 0 Å². The Morgan fingerprint density at radius 2 is 2.08 bits per heavy atom. The molecule has 2 heterocycles. The number of benzene rings is 1. The largest absolute Gasteiger partial charge is 0.338 e. The van der Waals surface area contributed by atoms with Crippen molar-refractivity contribution in [1.29, 1.82) is 0 Å². The van der Waals surface area contributed by atoms with Crippen LogP contribution in [0.2, 0.25) is 0 Å². The van der Waals surface area contributed by atoms with E-state index in [9.17, 15) is 0 Å². The van der Waals surface area contributed by atoms with E-state index in [0.29, 0.717) is 24.1 Å². The summed E-state index contributed by atoms with van der Waals surface area (Å²) in [7, 11) is 0. The molecule has 0 saturated heterocycles. The van der Waals surface area contributed by atoms with E-state index in [2.05, 4.69) is 33.3 Å². The van der Waals surface area contributed by atoms with Crippen LogP contribution in [0.5, 0.6) is 0 Å². The van der Waals surface area contributed by atoms with Gasteiger partial charge in [0.15, 0.2) is 16.8 Å². The molecule has 7 nitrogen and oxygen atoms in total. The van der Waals surface area contributed by atoms with E-state index < -0.39 is 0 Å². The quantitative estimate of drug-likeness (QED) is 0.658. The molecule has 0 bridgehead atoms. The average molecular weight is 379 g/mol. The number of hydrogen-bond acceptors (Lipinski definition) is 7. The maximum Gasteiger partial charge on any atom is 0.237 e. The minimum absolute atomic E-state index is 0. The molecule has 0 atom stereocenters. The summed E-state index contributed by atoms with van der Waals surface area (Å²) in [5.41, 5.74) is 8.01. The Kier molecular flexibility index (Phi) is 5.41. The van der Waals surface area contributed by atoms with E-state index in [4.69, 9.17) is 10.3 Å². The first-order chi connectivity index (χ1) is 11.8. The molecular formula is C16H19ClN6OS. The maximum absolute atomic E-state index is 5.83. The van der Waals surface area contributed by atoms with Crippen molar-refractivity contribution in [3.8, 4) is 5.69 Å². The molecule has 1 aliphatic rings. The Morgan fingerprint density at radius 3 is 2.80 bits per heavy atom. The highest BCUT2D eigenvalue weighted by molar-refractivity contribution is 7.98. The van der Waals surface area contributed by atoms with Crippen LogP contribution in [0.3, 0.4) is 0 Å². The summed E-state index contributed by atoms with van der Waals surface area (Å²) in [6, 6.07) is 8.11. The van der Waals surface area contributed by atoms with Gasteiger partial charge in [0.2, 0.25) is 5.89 Å². The summed E-state index contributed by atoms with van der Waals surface area (Å²) in [6.07, 6.45) is 2.32. The van der Waals surface area contributed by atoms with Gasteiger partial charge < -0.3 is 10.3 Å². The predicted octanol–water partition coefficient (Wildman–Crippen LogP) is 3.01. The number of nitrogens with two attached hydrogens (primary N) is 1. The second kappa shape index (κ2) is 7.55. The van der Waals surface area contributed by atoms with Crippen LogP contribution < -0.4 is 5.73 Å². The van der Waals surface area contributed by atoms with Crippen LogP contribution in [0.25, 0.3) is 5.69 Å². The summed E-state index contributed by atoms with van der Waals surface area (Å²) in [4.78, 5) is 4.45. The third-order valence-corrected chi connectivity index (χ3v) is 4.90. The molecule has 25 heavy (non-hydrogen) atoms. The first-order valence-electron chi connectivity index (χ1n) is 7.92. The zero-order valence-corrected chi connectivity index (χ0v) is 15.4. The van der Waals surface area contributed by atoms with Gasteiger partial charge in [-0.3, -0.25) is 4.57 Å².